The molecule has 0 radical (unpaired) electrons. The predicted molar refractivity (Wildman–Crippen MR) is 85.7 cm³/mol. The maximum atomic E-state index is 6.02. The highest BCUT2D eigenvalue weighted by molar-refractivity contribution is 5.76. The highest BCUT2D eigenvalue weighted by Crippen LogP contribution is 2.21. The lowest BCUT2D eigenvalue weighted by molar-refractivity contribution is 0.0339. The van der Waals surface area contributed by atoms with Crippen LogP contribution in [0.3, 0.4) is 0 Å². The van der Waals surface area contributed by atoms with E-state index in [1.165, 1.54) is 5.52 Å². The molecule has 1 aliphatic rings. The second-order valence-corrected chi connectivity index (χ2v) is 6.05. The molecule has 1 aliphatic heterocycles. The van der Waals surface area contributed by atoms with Crippen molar-refractivity contribution in [2.45, 2.75) is 45.3 Å². The van der Waals surface area contributed by atoms with Crippen molar-refractivity contribution in [1.82, 2.24) is 14.9 Å². The number of para-hydroxylation sites is 2. The Hall–Kier alpha value is -1.39. The number of piperidine rings is 1. The summed E-state index contributed by atoms with van der Waals surface area (Å²) in [5.41, 5.74) is 2.31. The third-order valence-electron chi connectivity index (χ3n) is 4.15. The van der Waals surface area contributed by atoms with E-state index >= 15 is 0 Å². The predicted octanol–water partition coefficient (Wildman–Crippen LogP) is 2.93. The first-order valence-electron chi connectivity index (χ1n) is 8.04. The fraction of sp³-hybridized carbons (Fsp3) is 0.588. The standard InChI is InChI=1S/C17H25N3O/c1-13(2)20-16-6-4-3-5-15(16)19-17(20)9-12-21-14-7-10-18-11-8-14/h3-6,13-14,18H,7-12H2,1-2H3. The lowest BCUT2D eigenvalue weighted by atomic mass is 10.1. The van der Waals surface area contributed by atoms with Gasteiger partial charge in [0.05, 0.1) is 23.7 Å². The zero-order chi connectivity index (χ0) is 14.7. The Morgan fingerprint density at radius 2 is 2.05 bits per heavy atom. The zero-order valence-electron chi connectivity index (χ0n) is 13.0. The first kappa shape index (κ1) is 14.5. The summed E-state index contributed by atoms with van der Waals surface area (Å²) >= 11 is 0. The van der Waals surface area contributed by atoms with E-state index in [1.54, 1.807) is 0 Å². The van der Waals surface area contributed by atoms with Crippen LogP contribution in [0.5, 0.6) is 0 Å². The van der Waals surface area contributed by atoms with Crippen LogP contribution in [0.4, 0.5) is 0 Å². The highest BCUT2D eigenvalue weighted by Gasteiger charge is 2.15. The fourth-order valence-electron chi connectivity index (χ4n) is 3.13. The quantitative estimate of drug-likeness (QED) is 0.919. The fourth-order valence-corrected chi connectivity index (χ4v) is 3.13. The molecule has 2 aromatic rings. The van der Waals surface area contributed by atoms with E-state index in [0.29, 0.717) is 12.1 Å². The SMILES string of the molecule is CC(C)n1c(CCOC2CCNCC2)nc2ccccc21. The Balaban J connectivity index is 1.69. The number of benzene rings is 1. The van der Waals surface area contributed by atoms with Crippen LogP contribution in [-0.4, -0.2) is 35.4 Å². The van der Waals surface area contributed by atoms with E-state index < -0.39 is 0 Å². The van der Waals surface area contributed by atoms with Crippen molar-refractivity contribution in [1.29, 1.82) is 0 Å². The van der Waals surface area contributed by atoms with Crippen LogP contribution in [0, 0.1) is 0 Å². The molecule has 0 spiro atoms. The van der Waals surface area contributed by atoms with Crippen molar-refractivity contribution >= 4 is 11.0 Å². The summed E-state index contributed by atoms with van der Waals surface area (Å²) in [5, 5.41) is 3.37. The molecular formula is C17H25N3O. The third-order valence-corrected chi connectivity index (χ3v) is 4.15. The Labute approximate surface area is 126 Å². The van der Waals surface area contributed by atoms with Crippen molar-refractivity contribution in [3.8, 4) is 0 Å². The molecule has 2 heterocycles. The van der Waals surface area contributed by atoms with Crippen molar-refractivity contribution in [2.24, 2.45) is 0 Å². The number of nitrogens with one attached hydrogen (secondary N) is 1. The van der Waals surface area contributed by atoms with Gasteiger partial charge in [-0.25, -0.2) is 4.98 Å². The number of hydrogen-bond acceptors (Lipinski definition) is 3. The summed E-state index contributed by atoms with van der Waals surface area (Å²) in [4.78, 5) is 4.79. The van der Waals surface area contributed by atoms with Crippen LogP contribution in [0.1, 0.15) is 38.6 Å². The van der Waals surface area contributed by atoms with Crippen molar-refractivity contribution in [3.05, 3.63) is 30.1 Å². The molecule has 0 amide bonds. The molecule has 1 saturated heterocycles. The molecule has 1 aromatic carbocycles. The molecule has 0 saturated carbocycles. The molecular weight excluding hydrogens is 262 g/mol. The molecule has 0 atom stereocenters. The van der Waals surface area contributed by atoms with Gasteiger partial charge in [0.15, 0.2) is 0 Å². The van der Waals surface area contributed by atoms with Crippen LogP contribution in [-0.2, 0) is 11.2 Å². The summed E-state index contributed by atoms with van der Waals surface area (Å²) in [6, 6.07) is 8.80. The topological polar surface area (TPSA) is 39.1 Å². The van der Waals surface area contributed by atoms with Gasteiger partial charge in [-0.3, -0.25) is 0 Å². The molecule has 3 rings (SSSR count). The highest BCUT2D eigenvalue weighted by atomic mass is 16.5. The van der Waals surface area contributed by atoms with Crippen LogP contribution in [0.15, 0.2) is 24.3 Å². The average molecular weight is 287 g/mol. The molecule has 4 heteroatoms. The molecule has 0 bridgehead atoms. The maximum absolute atomic E-state index is 6.02. The molecule has 0 aliphatic carbocycles. The van der Waals surface area contributed by atoms with Gasteiger partial charge in [0, 0.05) is 12.5 Å². The summed E-state index contributed by atoms with van der Waals surface area (Å²) in [6.07, 6.45) is 3.56. The molecule has 1 N–H and O–H groups in total. The molecule has 1 fully saturated rings. The number of ether oxygens (including phenoxy) is 1. The van der Waals surface area contributed by atoms with Gasteiger partial charge in [-0.1, -0.05) is 12.1 Å². The van der Waals surface area contributed by atoms with Gasteiger partial charge in [0.2, 0.25) is 0 Å². The summed E-state index contributed by atoms with van der Waals surface area (Å²) in [5.74, 6) is 1.14. The van der Waals surface area contributed by atoms with E-state index in [1.807, 2.05) is 0 Å². The Bertz CT molecular complexity index is 585. The van der Waals surface area contributed by atoms with Gasteiger partial charge in [-0.05, 0) is 51.9 Å². The lowest BCUT2D eigenvalue weighted by Gasteiger charge is -2.23. The second kappa shape index (κ2) is 6.58. The normalized spacial score (nSPS) is 16.9. The summed E-state index contributed by atoms with van der Waals surface area (Å²) in [7, 11) is 0. The van der Waals surface area contributed by atoms with Crippen molar-refractivity contribution < 1.29 is 4.74 Å². The van der Waals surface area contributed by atoms with Crippen LogP contribution in [0.2, 0.25) is 0 Å². The summed E-state index contributed by atoms with van der Waals surface area (Å²) < 4.78 is 8.36. The van der Waals surface area contributed by atoms with E-state index in [4.69, 9.17) is 9.72 Å². The number of hydrogen-bond donors (Lipinski definition) is 1. The van der Waals surface area contributed by atoms with Gasteiger partial charge in [0.25, 0.3) is 0 Å². The van der Waals surface area contributed by atoms with Crippen LogP contribution >= 0.6 is 0 Å². The minimum absolute atomic E-state index is 0.420. The van der Waals surface area contributed by atoms with E-state index in [-0.39, 0.29) is 0 Å². The van der Waals surface area contributed by atoms with Crippen LogP contribution in [0.25, 0.3) is 11.0 Å². The average Bonchev–Trinajstić information content (AvgIpc) is 2.86. The lowest BCUT2D eigenvalue weighted by Crippen LogP contribution is -2.32. The number of fused-ring (bicyclic) bond motifs is 1. The minimum Gasteiger partial charge on any atom is -0.378 e. The first-order valence-corrected chi connectivity index (χ1v) is 8.04. The maximum Gasteiger partial charge on any atom is 0.112 e. The van der Waals surface area contributed by atoms with Crippen LogP contribution < -0.4 is 5.32 Å². The number of rotatable bonds is 5. The number of nitrogens with zero attached hydrogens (tertiary/aromatic N) is 2. The van der Waals surface area contributed by atoms with Gasteiger partial charge < -0.3 is 14.6 Å². The third kappa shape index (κ3) is 3.27. The Morgan fingerprint density at radius 3 is 2.81 bits per heavy atom. The van der Waals surface area contributed by atoms with E-state index in [9.17, 15) is 0 Å². The Kier molecular flexibility index (Phi) is 4.56. The second-order valence-electron chi connectivity index (χ2n) is 6.05. The van der Waals surface area contributed by atoms with E-state index in [2.05, 4.69) is 48.0 Å². The smallest absolute Gasteiger partial charge is 0.112 e. The van der Waals surface area contributed by atoms with E-state index in [0.717, 1.165) is 50.3 Å². The molecule has 4 nitrogen and oxygen atoms in total. The van der Waals surface area contributed by atoms with Crippen molar-refractivity contribution in [3.63, 3.8) is 0 Å². The van der Waals surface area contributed by atoms with Gasteiger partial charge in [0.1, 0.15) is 5.82 Å². The number of aromatic nitrogens is 2. The van der Waals surface area contributed by atoms with Gasteiger partial charge >= 0.3 is 0 Å². The zero-order valence-corrected chi connectivity index (χ0v) is 13.0. The van der Waals surface area contributed by atoms with Gasteiger partial charge in [-0.2, -0.15) is 0 Å². The summed E-state index contributed by atoms with van der Waals surface area (Å²) in [6.45, 7) is 7.35. The first-order chi connectivity index (χ1) is 10.3. The molecule has 0 unspecified atom stereocenters. The largest absolute Gasteiger partial charge is 0.378 e. The molecule has 21 heavy (non-hydrogen) atoms. The number of imidazole rings is 1. The molecule has 114 valence electrons. The van der Waals surface area contributed by atoms with Crippen molar-refractivity contribution in [2.75, 3.05) is 19.7 Å². The Morgan fingerprint density at radius 1 is 1.29 bits per heavy atom. The minimum atomic E-state index is 0.420. The molecule has 1 aromatic heterocycles. The monoisotopic (exact) mass is 287 g/mol. The van der Waals surface area contributed by atoms with Gasteiger partial charge in [-0.15, -0.1) is 0 Å².